The highest BCUT2D eigenvalue weighted by atomic mass is 32.1. The van der Waals surface area contributed by atoms with E-state index in [1.807, 2.05) is 31.1 Å². The lowest BCUT2D eigenvalue weighted by atomic mass is 9.84. The van der Waals surface area contributed by atoms with Crippen molar-refractivity contribution in [3.8, 4) is 21.8 Å². The number of rotatable bonds is 5. The summed E-state index contributed by atoms with van der Waals surface area (Å²) in [5.41, 5.74) is 6.39. The Morgan fingerprint density at radius 1 is 1.07 bits per heavy atom. The lowest BCUT2D eigenvalue weighted by Gasteiger charge is -2.38. The molecular weight excluding hydrogens is 522 g/mol. The number of hydrogen-bond acceptors (Lipinski definition) is 7. The van der Waals surface area contributed by atoms with Crippen molar-refractivity contribution in [3.63, 3.8) is 0 Å². The molecular formula is C30H39N7O2S. The molecule has 1 saturated carbocycles. The van der Waals surface area contributed by atoms with Gasteiger partial charge in [0.2, 0.25) is 11.8 Å². The molecule has 4 heterocycles. The molecule has 2 fully saturated rings. The van der Waals surface area contributed by atoms with Crippen molar-refractivity contribution in [3.05, 3.63) is 35.3 Å². The topological polar surface area (TPSA) is 96.2 Å². The summed E-state index contributed by atoms with van der Waals surface area (Å²) in [6, 6.07) is 4.71. The molecule has 0 bridgehead atoms. The fourth-order valence-electron chi connectivity index (χ4n) is 6.62. The lowest BCUT2D eigenvalue weighted by Crippen LogP contribution is -2.46. The second-order valence-corrected chi connectivity index (χ2v) is 12.8. The monoisotopic (exact) mass is 561 g/mol. The van der Waals surface area contributed by atoms with Gasteiger partial charge in [0.1, 0.15) is 0 Å². The van der Waals surface area contributed by atoms with Crippen LogP contribution in [0, 0.1) is 12.8 Å². The number of aryl methyl sites for hydroxylation is 2. The van der Waals surface area contributed by atoms with E-state index in [1.54, 1.807) is 0 Å². The zero-order valence-corrected chi connectivity index (χ0v) is 24.8. The third kappa shape index (κ3) is 5.19. The SMILES string of the molecule is CC(=O)Nc1nc2c(s1)-c1c(c(-c3ccc(C)nc3)nn1[C@H]1CC[C@@H](C(=O)N(C)C3CCN(C)CC3)CC1)CC2. The Morgan fingerprint density at radius 3 is 2.50 bits per heavy atom. The Hall–Kier alpha value is -3.11. The van der Waals surface area contributed by atoms with E-state index in [0.717, 1.165) is 97.7 Å². The average Bonchev–Trinajstić information content (AvgIpc) is 3.54. The van der Waals surface area contributed by atoms with Crippen molar-refractivity contribution in [1.82, 2.24) is 29.5 Å². The number of piperidine rings is 1. The summed E-state index contributed by atoms with van der Waals surface area (Å²) in [4.78, 5) is 40.0. The summed E-state index contributed by atoms with van der Waals surface area (Å²) in [6.07, 6.45) is 9.30. The fourth-order valence-corrected chi connectivity index (χ4v) is 7.74. The minimum absolute atomic E-state index is 0.0819. The number of fused-ring (bicyclic) bond motifs is 3. The first-order valence-electron chi connectivity index (χ1n) is 14.6. The molecule has 212 valence electrons. The van der Waals surface area contributed by atoms with Crippen LogP contribution in [-0.4, -0.2) is 74.6 Å². The van der Waals surface area contributed by atoms with Crippen LogP contribution in [0.15, 0.2) is 18.3 Å². The molecule has 0 aromatic carbocycles. The zero-order valence-electron chi connectivity index (χ0n) is 23.9. The van der Waals surface area contributed by atoms with Gasteiger partial charge >= 0.3 is 0 Å². The van der Waals surface area contributed by atoms with Crippen LogP contribution in [0.25, 0.3) is 21.8 Å². The summed E-state index contributed by atoms with van der Waals surface area (Å²) in [5.74, 6) is 0.282. The number of aromatic nitrogens is 4. The third-order valence-corrected chi connectivity index (χ3v) is 10.00. The summed E-state index contributed by atoms with van der Waals surface area (Å²) in [7, 11) is 4.16. The Kier molecular flexibility index (Phi) is 7.48. The Labute approximate surface area is 240 Å². The smallest absolute Gasteiger partial charge is 0.225 e. The van der Waals surface area contributed by atoms with Crippen LogP contribution in [0.4, 0.5) is 5.13 Å². The van der Waals surface area contributed by atoms with E-state index >= 15 is 0 Å². The van der Waals surface area contributed by atoms with Crippen LogP contribution in [0.2, 0.25) is 0 Å². The minimum atomic E-state index is -0.112. The van der Waals surface area contributed by atoms with Crippen LogP contribution in [0.5, 0.6) is 0 Å². The average molecular weight is 562 g/mol. The van der Waals surface area contributed by atoms with E-state index in [4.69, 9.17) is 10.1 Å². The molecule has 9 nitrogen and oxygen atoms in total. The molecule has 10 heteroatoms. The van der Waals surface area contributed by atoms with Gasteiger partial charge in [-0.3, -0.25) is 19.3 Å². The van der Waals surface area contributed by atoms with Gasteiger partial charge in [-0.1, -0.05) is 11.3 Å². The molecule has 1 N–H and O–H groups in total. The number of amides is 2. The van der Waals surface area contributed by atoms with Crippen LogP contribution in [-0.2, 0) is 22.4 Å². The largest absolute Gasteiger partial charge is 0.342 e. The summed E-state index contributed by atoms with van der Waals surface area (Å²) < 4.78 is 2.22. The summed E-state index contributed by atoms with van der Waals surface area (Å²) in [5, 5.41) is 8.76. The molecule has 2 amide bonds. The van der Waals surface area contributed by atoms with Gasteiger partial charge in [-0.2, -0.15) is 5.10 Å². The first-order valence-corrected chi connectivity index (χ1v) is 15.4. The molecule has 1 aliphatic heterocycles. The van der Waals surface area contributed by atoms with Gasteiger partial charge in [-0.25, -0.2) is 4.98 Å². The predicted molar refractivity (Wildman–Crippen MR) is 157 cm³/mol. The van der Waals surface area contributed by atoms with E-state index in [0.29, 0.717) is 17.1 Å². The van der Waals surface area contributed by atoms with Gasteiger partial charge in [0.15, 0.2) is 5.13 Å². The van der Waals surface area contributed by atoms with Gasteiger partial charge in [0, 0.05) is 48.9 Å². The second-order valence-electron chi connectivity index (χ2n) is 11.8. The molecule has 0 unspecified atom stereocenters. The maximum absolute atomic E-state index is 13.5. The molecule has 3 aliphatic rings. The normalized spacial score (nSPS) is 21.5. The van der Waals surface area contributed by atoms with Gasteiger partial charge in [0.05, 0.1) is 28.0 Å². The van der Waals surface area contributed by atoms with E-state index in [9.17, 15) is 9.59 Å². The van der Waals surface area contributed by atoms with E-state index < -0.39 is 0 Å². The van der Waals surface area contributed by atoms with Gasteiger partial charge < -0.3 is 15.1 Å². The lowest BCUT2D eigenvalue weighted by molar-refractivity contribution is -0.138. The van der Waals surface area contributed by atoms with Crippen LogP contribution in [0.1, 0.15) is 68.4 Å². The number of thiazole rings is 1. The number of nitrogens with one attached hydrogen (secondary N) is 1. The van der Waals surface area contributed by atoms with Crippen LogP contribution >= 0.6 is 11.3 Å². The number of nitrogens with zero attached hydrogens (tertiary/aromatic N) is 6. The number of carbonyl (C=O) groups excluding carboxylic acids is 2. The predicted octanol–water partition coefficient (Wildman–Crippen LogP) is 4.72. The van der Waals surface area contributed by atoms with Crippen molar-refractivity contribution < 1.29 is 9.59 Å². The maximum Gasteiger partial charge on any atom is 0.225 e. The van der Waals surface area contributed by atoms with Crippen LogP contribution < -0.4 is 5.32 Å². The van der Waals surface area contributed by atoms with Gasteiger partial charge in [-0.15, -0.1) is 0 Å². The van der Waals surface area contributed by atoms with Crippen molar-refractivity contribution in [1.29, 1.82) is 0 Å². The summed E-state index contributed by atoms with van der Waals surface area (Å²) >= 11 is 1.54. The Morgan fingerprint density at radius 2 is 1.82 bits per heavy atom. The molecule has 1 saturated heterocycles. The zero-order chi connectivity index (χ0) is 28.0. The van der Waals surface area contributed by atoms with Crippen LogP contribution in [0.3, 0.4) is 0 Å². The Balaban J connectivity index is 1.27. The second kappa shape index (κ2) is 11.0. The number of anilines is 1. The molecule has 0 radical (unpaired) electrons. The van der Waals surface area contributed by atoms with Crippen molar-refractivity contribution in [2.45, 2.75) is 77.3 Å². The van der Waals surface area contributed by atoms with E-state index in [1.165, 1.54) is 23.8 Å². The molecule has 6 rings (SSSR count). The van der Waals surface area contributed by atoms with Crippen molar-refractivity contribution >= 4 is 28.3 Å². The number of hydrogen-bond donors (Lipinski definition) is 1. The summed E-state index contributed by atoms with van der Waals surface area (Å²) in [6.45, 7) is 5.63. The third-order valence-electron chi connectivity index (χ3n) is 8.98. The molecule has 0 atom stereocenters. The quantitative estimate of drug-likeness (QED) is 0.484. The standard InChI is InChI=1S/C30H39N7O2S/c1-18-5-6-21(17-31-18)26-24-11-12-25-28(40-30(33-25)32-19(2)38)27(24)37(34-26)23-9-7-20(8-10-23)29(39)36(4)22-13-15-35(3)16-14-22/h5-6,17,20,22-23H,7-16H2,1-4H3,(H,32,33,38)/t20-,23+. The number of pyridine rings is 1. The minimum Gasteiger partial charge on any atom is -0.342 e. The van der Waals surface area contributed by atoms with E-state index in [2.05, 4.69) is 33.0 Å². The molecule has 2 aliphatic carbocycles. The molecule has 0 spiro atoms. The number of likely N-dealkylation sites (tertiary alicyclic amines) is 1. The molecule has 3 aromatic rings. The highest BCUT2D eigenvalue weighted by Crippen LogP contribution is 2.46. The van der Waals surface area contributed by atoms with E-state index in [-0.39, 0.29) is 17.9 Å². The first kappa shape index (κ1) is 27.1. The highest BCUT2D eigenvalue weighted by molar-refractivity contribution is 7.19. The van der Waals surface area contributed by atoms with Crippen molar-refractivity contribution in [2.75, 3.05) is 32.5 Å². The van der Waals surface area contributed by atoms with Gasteiger partial charge in [-0.05, 0) is 90.6 Å². The first-order chi connectivity index (χ1) is 19.3. The Bertz CT molecular complexity index is 1400. The number of carbonyl (C=O) groups is 2. The molecule has 40 heavy (non-hydrogen) atoms. The highest BCUT2D eigenvalue weighted by Gasteiger charge is 2.36. The fraction of sp³-hybridized carbons (Fsp3) is 0.567. The van der Waals surface area contributed by atoms with Gasteiger partial charge in [0.25, 0.3) is 0 Å². The van der Waals surface area contributed by atoms with Crippen molar-refractivity contribution in [2.24, 2.45) is 5.92 Å². The maximum atomic E-state index is 13.5. The molecule has 3 aromatic heterocycles.